The highest BCUT2D eigenvalue weighted by molar-refractivity contribution is 9.10. The first kappa shape index (κ1) is 20.8. The van der Waals surface area contributed by atoms with Crippen LogP contribution >= 0.6 is 39.1 Å². The summed E-state index contributed by atoms with van der Waals surface area (Å²) in [5.41, 5.74) is 6.01. The second-order valence-corrected chi connectivity index (χ2v) is 9.81. The highest BCUT2D eigenvalue weighted by Gasteiger charge is 2.41. The van der Waals surface area contributed by atoms with Gasteiger partial charge in [0.15, 0.2) is 0 Å². The van der Waals surface area contributed by atoms with Crippen LogP contribution < -0.4 is 5.01 Å². The average Bonchev–Trinajstić information content (AvgIpc) is 3.17. The van der Waals surface area contributed by atoms with Gasteiger partial charge in [-0.2, -0.15) is 5.10 Å². The number of nitrogens with zero attached hydrogens (tertiary/aromatic N) is 2. The Hall–Kier alpha value is -2.07. The molecule has 0 radical (unpaired) electrons. The van der Waals surface area contributed by atoms with Crippen LogP contribution in [0.25, 0.3) is 6.08 Å². The zero-order chi connectivity index (χ0) is 21.4. The smallest absolute Gasteiger partial charge is 0.0859 e. The van der Waals surface area contributed by atoms with Gasteiger partial charge in [0.1, 0.15) is 0 Å². The van der Waals surface area contributed by atoms with Gasteiger partial charge in [-0.15, -0.1) is 0 Å². The van der Waals surface area contributed by atoms with Crippen molar-refractivity contribution in [3.63, 3.8) is 0 Å². The molecule has 156 valence electrons. The number of allylic oxidation sites excluding steroid dienone is 1. The maximum Gasteiger partial charge on any atom is 0.0859 e. The molecule has 0 aromatic heterocycles. The molecule has 5 heteroatoms. The molecule has 1 heterocycles. The zero-order valence-corrected chi connectivity index (χ0v) is 19.9. The number of halogens is 3. The normalized spacial score (nSPS) is 21.8. The van der Waals surface area contributed by atoms with Crippen molar-refractivity contribution < 1.29 is 0 Å². The van der Waals surface area contributed by atoms with Gasteiger partial charge in [0, 0.05) is 20.4 Å². The van der Waals surface area contributed by atoms with E-state index in [0.717, 1.165) is 45.0 Å². The van der Waals surface area contributed by atoms with Crippen molar-refractivity contribution >= 4 is 56.6 Å². The SMILES string of the molecule is Clc1ccc(/C=C2\CCCC3C2=NN(c2ccc(Br)cc2)C3c2ccc(Cl)cc2)cc1. The number of anilines is 1. The van der Waals surface area contributed by atoms with Crippen LogP contribution in [0.15, 0.2) is 87.9 Å². The van der Waals surface area contributed by atoms with Crippen LogP contribution in [0.2, 0.25) is 10.0 Å². The molecule has 1 aliphatic carbocycles. The first-order valence-corrected chi connectivity index (χ1v) is 12.0. The molecule has 0 bridgehead atoms. The number of hydrogen-bond acceptors (Lipinski definition) is 2. The van der Waals surface area contributed by atoms with Gasteiger partial charge in [-0.3, -0.25) is 5.01 Å². The number of hydrogen-bond donors (Lipinski definition) is 0. The Kier molecular flexibility index (Phi) is 5.92. The fraction of sp³-hybridized carbons (Fsp3) is 0.192. The van der Waals surface area contributed by atoms with Crippen LogP contribution in [0.5, 0.6) is 0 Å². The van der Waals surface area contributed by atoms with E-state index in [1.54, 1.807) is 0 Å². The molecule has 2 atom stereocenters. The lowest BCUT2D eigenvalue weighted by Crippen LogP contribution is -2.28. The molecule has 1 aliphatic heterocycles. The minimum absolute atomic E-state index is 0.155. The van der Waals surface area contributed by atoms with Crippen LogP contribution in [-0.2, 0) is 0 Å². The van der Waals surface area contributed by atoms with Crippen LogP contribution in [0.1, 0.15) is 36.4 Å². The summed E-state index contributed by atoms with van der Waals surface area (Å²) in [6.45, 7) is 0. The third-order valence-electron chi connectivity index (χ3n) is 6.02. The Morgan fingerprint density at radius 3 is 2.19 bits per heavy atom. The van der Waals surface area contributed by atoms with E-state index >= 15 is 0 Å². The quantitative estimate of drug-likeness (QED) is 0.343. The third-order valence-corrected chi connectivity index (χ3v) is 7.05. The van der Waals surface area contributed by atoms with Gasteiger partial charge in [0.05, 0.1) is 17.4 Å². The van der Waals surface area contributed by atoms with Gasteiger partial charge in [0.25, 0.3) is 0 Å². The molecule has 0 N–H and O–H groups in total. The lowest BCUT2D eigenvalue weighted by molar-refractivity contribution is 0.488. The molecule has 2 nitrogen and oxygen atoms in total. The molecule has 1 fully saturated rings. The fourth-order valence-electron chi connectivity index (χ4n) is 4.56. The molecular weight excluding hydrogens is 491 g/mol. The Balaban J connectivity index is 1.58. The summed E-state index contributed by atoms with van der Waals surface area (Å²) < 4.78 is 1.06. The van der Waals surface area contributed by atoms with E-state index in [0.29, 0.717) is 5.92 Å². The molecule has 0 amide bonds. The molecule has 0 spiro atoms. The number of fused-ring (bicyclic) bond motifs is 1. The summed E-state index contributed by atoms with van der Waals surface area (Å²) in [5.74, 6) is 0.345. The molecule has 3 aromatic rings. The summed E-state index contributed by atoms with van der Waals surface area (Å²) >= 11 is 15.8. The minimum Gasteiger partial charge on any atom is -0.257 e. The van der Waals surface area contributed by atoms with E-state index in [1.807, 2.05) is 24.3 Å². The lowest BCUT2D eigenvalue weighted by Gasteiger charge is -2.30. The van der Waals surface area contributed by atoms with Gasteiger partial charge in [-0.25, -0.2) is 0 Å². The van der Waals surface area contributed by atoms with Gasteiger partial charge in [-0.05, 0) is 90.6 Å². The fourth-order valence-corrected chi connectivity index (χ4v) is 5.08. The summed E-state index contributed by atoms with van der Waals surface area (Å²) in [6.07, 6.45) is 5.59. The van der Waals surface area contributed by atoms with Gasteiger partial charge >= 0.3 is 0 Å². The first-order valence-electron chi connectivity index (χ1n) is 10.4. The summed E-state index contributed by atoms with van der Waals surface area (Å²) in [4.78, 5) is 0. The monoisotopic (exact) mass is 510 g/mol. The zero-order valence-electron chi connectivity index (χ0n) is 16.8. The van der Waals surface area contributed by atoms with Crippen molar-refractivity contribution in [3.8, 4) is 0 Å². The largest absolute Gasteiger partial charge is 0.257 e. The lowest BCUT2D eigenvalue weighted by atomic mass is 9.77. The van der Waals surface area contributed by atoms with Gasteiger partial charge in [-0.1, -0.05) is 63.4 Å². The first-order chi connectivity index (χ1) is 15.1. The molecular formula is C26H21BrCl2N2. The van der Waals surface area contributed by atoms with Gasteiger partial charge < -0.3 is 0 Å². The second kappa shape index (κ2) is 8.82. The van der Waals surface area contributed by atoms with E-state index in [-0.39, 0.29) is 6.04 Å². The van der Waals surface area contributed by atoms with Crippen molar-refractivity contribution in [1.82, 2.24) is 0 Å². The Labute approximate surface area is 201 Å². The Bertz CT molecular complexity index is 1140. The molecule has 3 aromatic carbocycles. The van der Waals surface area contributed by atoms with E-state index < -0.39 is 0 Å². The molecule has 0 saturated heterocycles. The number of benzene rings is 3. The van der Waals surface area contributed by atoms with E-state index in [9.17, 15) is 0 Å². The van der Waals surface area contributed by atoms with Gasteiger partial charge in [0.2, 0.25) is 0 Å². The summed E-state index contributed by atoms with van der Waals surface area (Å²) in [5, 5.41) is 8.89. The van der Waals surface area contributed by atoms with E-state index in [4.69, 9.17) is 28.3 Å². The maximum absolute atomic E-state index is 6.19. The maximum atomic E-state index is 6.19. The van der Waals surface area contributed by atoms with Crippen molar-refractivity contribution in [2.75, 3.05) is 5.01 Å². The highest BCUT2D eigenvalue weighted by Crippen LogP contribution is 2.46. The van der Waals surface area contributed by atoms with Crippen molar-refractivity contribution in [2.45, 2.75) is 25.3 Å². The average molecular weight is 512 g/mol. The van der Waals surface area contributed by atoms with Crippen LogP contribution in [-0.4, -0.2) is 5.71 Å². The predicted octanol–water partition coefficient (Wildman–Crippen LogP) is 8.56. The molecule has 2 aliphatic rings. The number of rotatable bonds is 3. The van der Waals surface area contributed by atoms with Crippen molar-refractivity contribution in [3.05, 3.63) is 104 Å². The molecule has 31 heavy (non-hydrogen) atoms. The second-order valence-electron chi connectivity index (χ2n) is 8.02. The van der Waals surface area contributed by atoms with Crippen LogP contribution in [0, 0.1) is 5.92 Å². The third kappa shape index (κ3) is 4.32. The molecule has 1 saturated carbocycles. The van der Waals surface area contributed by atoms with Crippen LogP contribution in [0.3, 0.4) is 0 Å². The summed E-state index contributed by atoms with van der Waals surface area (Å²) in [7, 11) is 0. The van der Waals surface area contributed by atoms with Crippen molar-refractivity contribution in [2.24, 2.45) is 11.0 Å². The Morgan fingerprint density at radius 1 is 0.871 bits per heavy atom. The standard InChI is InChI=1S/C26H21BrCl2N2/c27-20-8-14-23(15-9-20)31-26(18-6-12-22(29)13-7-18)24-3-1-2-19(25(24)30-31)16-17-4-10-21(28)11-5-17/h4-16,24,26H,1-3H2/b19-16+. The van der Waals surface area contributed by atoms with Crippen LogP contribution in [0.4, 0.5) is 5.69 Å². The topological polar surface area (TPSA) is 15.6 Å². The highest BCUT2D eigenvalue weighted by atomic mass is 79.9. The predicted molar refractivity (Wildman–Crippen MR) is 135 cm³/mol. The molecule has 2 unspecified atom stereocenters. The minimum atomic E-state index is 0.155. The van der Waals surface area contributed by atoms with E-state index in [1.165, 1.54) is 16.8 Å². The Morgan fingerprint density at radius 2 is 1.52 bits per heavy atom. The van der Waals surface area contributed by atoms with E-state index in [2.05, 4.69) is 75.5 Å². The molecule has 5 rings (SSSR count). The number of hydrazone groups is 1. The summed E-state index contributed by atoms with van der Waals surface area (Å²) in [6, 6.07) is 24.8. The van der Waals surface area contributed by atoms with Crippen molar-refractivity contribution in [1.29, 1.82) is 0 Å².